The van der Waals surface area contributed by atoms with Crippen LogP contribution in [0.1, 0.15) is 25.7 Å². The molecule has 1 aliphatic carbocycles. The van der Waals surface area contributed by atoms with Crippen LogP contribution in [0.15, 0.2) is 78.9 Å². The van der Waals surface area contributed by atoms with E-state index in [4.69, 9.17) is 18.0 Å². The summed E-state index contributed by atoms with van der Waals surface area (Å²) in [5, 5.41) is 7.61. The van der Waals surface area contributed by atoms with Crippen molar-refractivity contribution in [1.82, 2.24) is 5.32 Å². The van der Waals surface area contributed by atoms with E-state index in [1.54, 1.807) is 0 Å². The highest BCUT2D eigenvalue weighted by Crippen LogP contribution is 2.37. The zero-order valence-electron chi connectivity index (χ0n) is 16.5. The van der Waals surface area contributed by atoms with Crippen LogP contribution in [0.2, 0.25) is 0 Å². The zero-order valence-corrected chi connectivity index (χ0v) is 17.3. The van der Waals surface area contributed by atoms with Gasteiger partial charge in [0.15, 0.2) is 5.11 Å². The fourth-order valence-electron chi connectivity index (χ4n) is 4.06. The van der Waals surface area contributed by atoms with Gasteiger partial charge in [0.1, 0.15) is 0 Å². The molecule has 0 heterocycles. The third-order valence-corrected chi connectivity index (χ3v) is 5.83. The average molecular weight is 402 g/mol. The van der Waals surface area contributed by atoms with Crippen LogP contribution < -0.4 is 16.4 Å². The third-order valence-electron chi connectivity index (χ3n) is 5.61. The molecule has 3 aromatic rings. The maximum atomic E-state index is 6.31. The van der Waals surface area contributed by atoms with Gasteiger partial charge in [-0.2, -0.15) is 0 Å². The summed E-state index contributed by atoms with van der Waals surface area (Å²) < 4.78 is 0. The van der Waals surface area contributed by atoms with Crippen molar-refractivity contribution in [2.45, 2.75) is 37.8 Å². The van der Waals surface area contributed by atoms with Gasteiger partial charge in [0.05, 0.1) is 5.69 Å². The monoisotopic (exact) mass is 401 g/mol. The Morgan fingerprint density at radius 2 is 1.31 bits per heavy atom. The van der Waals surface area contributed by atoms with E-state index in [9.17, 15) is 0 Å². The summed E-state index contributed by atoms with van der Waals surface area (Å²) in [6.07, 6.45) is 4.52. The molecule has 0 radical (unpaired) electrons. The largest absolute Gasteiger partial charge is 0.358 e. The number of benzene rings is 3. The lowest BCUT2D eigenvalue weighted by Crippen LogP contribution is -2.50. The Bertz CT molecular complexity index is 899. The van der Waals surface area contributed by atoms with Gasteiger partial charge in [0, 0.05) is 23.2 Å². The maximum absolute atomic E-state index is 6.31. The molecule has 3 aromatic carbocycles. The van der Waals surface area contributed by atoms with E-state index in [0.717, 1.165) is 40.8 Å². The molecule has 0 spiro atoms. The van der Waals surface area contributed by atoms with Crippen molar-refractivity contribution in [3.05, 3.63) is 78.9 Å². The molecule has 2 atom stereocenters. The zero-order chi connectivity index (χ0) is 20.1. The first-order valence-corrected chi connectivity index (χ1v) is 10.7. The molecular formula is C25H27N3S. The Morgan fingerprint density at radius 1 is 0.759 bits per heavy atom. The number of nitrogens with two attached hydrogens (primary N) is 1. The van der Waals surface area contributed by atoms with E-state index in [-0.39, 0.29) is 12.1 Å². The highest BCUT2D eigenvalue weighted by molar-refractivity contribution is 7.80. The van der Waals surface area contributed by atoms with Gasteiger partial charge in [-0.25, -0.2) is 0 Å². The molecule has 4 N–H and O–H groups in total. The van der Waals surface area contributed by atoms with E-state index in [2.05, 4.69) is 77.4 Å². The molecule has 29 heavy (non-hydrogen) atoms. The molecule has 148 valence electrons. The summed E-state index contributed by atoms with van der Waals surface area (Å²) in [4.78, 5) is 0. The third kappa shape index (κ3) is 4.66. The standard InChI is InChI=1S/C25H27N3S/c26-22-16-7-8-17-23(22)27-25(29)28-24-20(18-10-3-1-4-11-18)14-9-15-21(24)19-12-5-2-6-13-19/h1-6,9-15,22-23H,7-8,16-17,26H2,(H2,27,28,29)/t22-,23-/m1/s1. The first-order valence-electron chi connectivity index (χ1n) is 10.3. The molecule has 0 bridgehead atoms. The van der Waals surface area contributed by atoms with Crippen molar-refractivity contribution in [1.29, 1.82) is 0 Å². The second-order valence-corrected chi connectivity index (χ2v) is 8.02. The lowest BCUT2D eigenvalue weighted by molar-refractivity contribution is 0.361. The SMILES string of the molecule is N[C@@H]1CCCC[C@H]1NC(=S)Nc1c(-c2ccccc2)cccc1-c1ccccc1. The first kappa shape index (κ1) is 19.6. The lowest BCUT2D eigenvalue weighted by atomic mass is 9.91. The Morgan fingerprint density at radius 3 is 1.86 bits per heavy atom. The van der Waals surface area contributed by atoms with Crippen molar-refractivity contribution >= 4 is 23.0 Å². The predicted molar refractivity (Wildman–Crippen MR) is 127 cm³/mol. The Balaban J connectivity index is 1.68. The number of rotatable bonds is 4. The second-order valence-electron chi connectivity index (χ2n) is 7.61. The summed E-state index contributed by atoms with van der Waals surface area (Å²) in [6, 6.07) is 27.6. The van der Waals surface area contributed by atoms with Crippen LogP contribution in [0.25, 0.3) is 22.3 Å². The number of hydrogen-bond donors (Lipinski definition) is 3. The topological polar surface area (TPSA) is 50.1 Å². The van der Waals surface area contributed by atoms with Crippen LogP contribution in [-0.2, 0) is 0 Å². The molecule has 3 nitrogen and oxygen atoms in total. The van der Waals surface area contributed by atoms with Crippen LogP contribution in [0.5, 0.6) is 0 Å². The van der Waals surface area contributed by atoms with Crippen molar-refractivity contribution < 1.29 is 0 Å². The fraction of sp³-hybridized carbons (Fsp3) is 0.240. The highest BCUT2D eigenvalue weighted by Gasteiger charge is 2.23. The number of para-hydroxylation sites is 1. The second kappa shape index (κ2) is 9.21. The smallest absolute Gasteiger partial charge is 0.171 e. The number of anilines is 1. The molecule has 4 heteroatoms. The van der Waals surface area contributed by atoms with Gasteiger partial charge in [-0.3, -0.25) is 0 Å². The minimum Gasteiger partial charge on any atom is -0.358 e. The maximum Gasteiger partial charge on any atom is 0.171 e. The minimum absolute atomic E-state index is 0.154. The van der Waals surface area contributed by atoms with Crippen LogP contribution in [-0.4, -0.2) is 17.2 Å². The van der Waals surface area contributed by atoms with Crippen LogP contribution in [0.3, 0.4) is 0 Å². The predicted octanol–water partition coefficient (Wildman–Crippen LogP) is 5.58. The van der Waals surface area contributed by atoms with E-state index in [1.807, 2.05) is 12.1 Å². The molecule has 4 rings (SSSR count). The van der Waals surface area contributed by atoms with Crippen molar-refractivity contribution in [2.75, 3.05) is 5.32 Å². The number of nitrogens with one attached hydrogen (secondary N) is 2. The molecule has 1 fully saturated rings. The van der Waals surface area contributed by atoms with Crippen LogP contribution >= 0.6 is 12.2 Å². The number of hydrogen-bond acceptors (Lipinski definition) is 2. The molecule has 0 amide bonds. The molecule has 1 aliphatic rings. The Hall–Kier alpha value is -2.69. The van der Waals surface area contributed by atoms with Gasteiger partial charge in [-0.05, 0) is 36.2 Å². The first-order chi connectivity index (χ1) is 14.2. The van der Waals surface area contributed by atoms with E-state index in [0.29, 0.717) is 5.11 Å². The van der Waals surface area contributed by atoms with Gasteiger partial charge in [-0.1, -0.05) is 91.7 Å². The van der Waals surface area contributed by atoms with Gasteiger partial charge in [-0.15, -0.1) is 0 Å². The van der Waals surface area contributed by atoms with Crippen molar-refractivity contribution in [2.24, 2.45) is 5.73 Å². The molecule has 1 saturated carbocycles. The van der Waals surface area contributed by atoms with Crippen LogP contribution in [0, 0.1) is 0 Å². The lowest BCUT2D eigenvalue weighted by Gasteiger charge is -2.30. The Kier molecular flexibility index (Phi) is 6.23. The molecule has 0 unspecified atom stereocenters. The quantitative estimate of drug-likeness (QED) is 0.500. The van der Waals surface area contributed by atoms with Crippen molar-refractivity contribution in [3.63, 3.8) is 0 Å². The summed E-state index contributed by atoms with van der Waals surface area (Å²) in [5.41, 5.74) is 11.9. The average Bonchev–Trinajstić information content (AvgIpc) is 2.77. The van der Waals surface area contributed by atoms with Gasteiger partial charge in [0.2, 0.25) is 0 Å². The van der Waals surface area contributed by atoms with E-state index < -0.39 is 0 Å². The summed E-state index contributed by atoms with van der Waals surface area (Å²) in [6.45, 7) is 0. The van der Waals surface area contributed by atoms with Crippen molar-refractivity contribution in [3.8, 4) is 22.3 Å². The van der Waals surface area contributed by atoms with Gasteiger partial charge < -0.3 is 16.4 Å². The number of thiocarbonyl (C=S) groups is 1. The summed E-state index contributed by atoms with van der Waals surface area (Å²) in [5.74, 6) is 0. The van der Waals surface area contributed by atoms with Crippen LogP contribution in [0.4, 0.5) is 5.69 Å². The summed E-state index contributed by atoms with van der Waals surface area (Å²) >= 11 is 5.71. The van der Waals surface area contributed by atoms with E-state index >= 15 is 0 Å². The molecule has 0 saturated heterocycles. The van der Waals surface area contributed by atoms with E-state index in [1.165, 1.54) is 12.8 Å². The molecular weight excluding hydrogens is 374 g/mol. The highest BCUT2D eigenvalue weighted by atomic mass is 32.1. The molecule has 0 aromatic heterocycles. The fourth-order valence-corrected chi connectivity index (χ4v) is 4.31. The Labute approximate surface area is 178 Å². The summed E-state index contributed by atoms with van der Waals surface area (Å²) in [7, 11) is 0. The normalized spacial score (nSPS) is 18.8. The molecule has 0 aliphatic heterocycles. The minimum atomic E-state index is 0.154. The van der Waals surface area contributed by atoms with Gasteiger partial charge in [0.25, 0.3) is 0 Å². The van der Waals surface area contributed by atoms with Gasteiger partial charge >= 0.3 is 0 Å².